The summed E-state index contributed by atoms with van der Waals surface area (Å²) in [6.45, 7) is 7.64. The van der Waals surface area contributed by atoms with Crippen LogP contribution in [0.4, 0.5) is 30.4 Å². The minimum absolute atomic E-state index is 0.0239. The molecule has 58 heavy (non-hydrogen) atoms. The molecule has 3 fully saturated rings. The number of aromatic nitrogens is 4. The molecule has 0 aliphatic carbocycles. The zero-order chi connectivity index (χ0) is 40.5. The van der Waals surface area contributed by atoms with E-state index in [9.17, 15) is 32.7 Å². The first kappa shape index (κ1) is 37.5. The van der Waals surface area contributed by atoms with E-state index < -0.39 is 41.6 Å². The molecule has 18 heteroatoms. The summed E-state index contributed by atoms with van der Waals surface area (Å²) in [4.78, 5) is 54.5. The average molecular weight is 799 g/mol. The maximum absolute atomic E-state index is 15.0. The van der Waals surface area contributed by atoms with Gasteiger partial charge in [0.15, 0.2) is 17.4 Å². The van der Waals surface area contributed by atoms with Gasteiger partial charge in [-0.25, -0.2) is 23.1 Å². The molecular formula is C40H41F3N10O5. The van der Waals surface area contributed by atoms with E-state index in [-0.39, 0.29) is 55.0 Å². The monoisotopic (exact) mass is 798 g/mol. The Kier molecular flexibility index (Phi) is 9.32. The Morgan fingerprint density at radius 1 is 1.00 bits per heavy atom. The van der Waals surface area contributed by atoms with Gasteiger partial charge in [0, 0.05) is 92.4 Å². The summed E-state index contributed by atoms with van der Waals surface area (Å²) in [7, 11) is 0. The number of phenols is 1. The van der Waals surface area contributed by atoms with Gasteiger partial charge in [0.2, 0.25) is 11.8 Å². The lowest BCUT2D eigenvalue weighted by Crippen LogP contribution is -2.57. The number of halogens is 3. The highest BCUT2D eigenvalue weighted by Gasteiger charge is 2.56. The number of imide groups is 1. The third kappa shape index (κ3) is 6.48. The van der Waals surface area contributed by atoms with Crippen molar-refractivity contribution in [3.8, 4) is 23.0 Å². The molecule has 4 aromatic rings. The molecular weight excluding hydrogens is 757 g/mol. The van der Waals surface area contributed by atoms with Crippen molar-refractivity contribution in [3.63, 3.8) is 0 Å². The zero-order valence-corrected chi connectivity index (χ0v) is 31.8. The summed E-state index contributed by atoms with van der Waals surface area (Å²) in [5.74, 6) is -2.08. The van der Waals surface area contributed by atoms with Gasteiger partial charge in [-0.3, -0.25) is 24.6 Å². The lowest BCUT2D eigenvalue weighted by Gasteiger charge is -2.43. The van der Waals surface area contributed by atoms with Crippen molar-refractivity contribution in [3.05, 3.63) is 76.4 Å². The number of benzene rings is 2. The third-order valence-electron chi connectivity index (χ3n) is 12.1. The lowest BCUT2D eigenvalue weighted by molar-refractivity contribution is -0.136. The van der Waals surface area contributed by atoms with Crippen molar-refractivity contribution in [1.82, 2.24) is 35.3 Å². The molecule has 3 N–H and O–H groups in total. The number of carbonyl (C=O) groups excluding carboxylic acids is 3. The van der Waals surface area contributed by atoms with Gasteiger partial charge < -0.3 is 29.9 Å². The molecule has 9 rings (SSSR count). The number of ether oxygens (including phenoxy) is 1. The summed E-state index contributed by atoms with van der Waals surface area (Å²) in [5.41, 5.74) is 3.74. The number of rotatable bonds is 8. The fourth-order valence-corrected chi connectivity index (χ4v) is 8.89. The number of alkyl halides is 2. The number of phenolic OH excluding ortho intramolecular Hbond substituents is 1. The Hall–Kier alpha value is -6.04. The number of hydrogen-bond donors (Lipinski definition) is 3. The summed E-state index contributed by atoms with van der Waals surface area (Å²) in [6.07, 6.45) is -2.94. The molecule has 302 valence electrons. The highest BCUT2D eigenvalue weighted by molar-refractivity contribution is 6.05. The molecule has 7 heterocycles. The van der Waals surface area contributed by atoms with E-state index in [0.29, 0.717) is 36.6 Å². The molecule has 0 spiro atoms. The minimum atomic E-state index is -2.76. The number of fused-ring (bicyclic) bond motifs is 4. The van der Waals surface area contributed by atoms with Crippen LogP contribution in [0.5, 0.6) is 11.8 Å². The van der Waals surface area contributed by atoms with Crippen molar-refractivity contribution >= 4 is 34.9 Å². The Balaban J connectivity index is 0.844. The smallest absolute Gasteiger partial charge is 0.317 e. The van der Waals surface area contributed by atoms with Crippen molar-refractivity contribution in [2.75, 3.05) is 54.4 Å². The average Bonchev–Trinajstić information content (AvgIpc) is 3.75. The van der Waals surface area contributed by atoms with Crippen LogP contribution in [0, 0.1) is 19.7 Å². The molecule has 0 radical (unpaired) electrons. The first-order valence-corrected chi connectivity index (χ1v) is 19.3. The second-order valence-electron chi connectivity index (χ2n) is 15.6. The number of carbonyl (C=O) groups is 3. The molecule has 5 aliphatic rings. The van der Waals surface area contributed by atoms with Gasteiger partial charge in [0.1, 0.15) is 17.7 Å². The molecule has 0 bridgehead atoms. The van der Waals surface area contributed by atoms with Crippen molar-refractivity contribution in [1.29, 1.82) is 0 Å². The van der Waals surface area contributed by atoms with Gasteiger partial charge in [-0.2, -0.15) is 0 Å². The van der Waals surface area contributed by atoms with Gasteiger partial charge in [0.05, 0.1) is 17.9 Å². The summed E-state index contributed by atoms with van der Waals surface area (Å²) in [6, 6.07) is 10.8. The number of piperidine rings is 1. The van der Waals surface area contributed by atoms with E-state index in [0.717, 1.165) is 60.4 Å². The van der Waals surface area contributed by atoms with Crippen LogP contribution in [0.25, 0.3) is 11.3 Å². The quantitative estimate of drug-likeness (QED) is 0.222. The van der Waals surface area contributed by atoms with Crippen LogP contribution in [0.2, 0.25) is 0 Å². The van der Waals surface area contributed by atoms with E-state index in [2.05, 4.69) is 40.6 Å². The fraction of sp³-hybridized carbons (Fsp3) is 0.425. The Labute approximate surface area is 331 Å². The molecule has 3 atom stereocenters. The van der Waals surface area contributed by atoms with Gasteiger partial charge in [0.25, 0.3) is 12.3 Å². The molecule has 2 aromatic heterocycles. The normalized spacial score (nSPS) is 23.1. The Bertz CT molecular complexity index is 2320. The van der Waals surface area contributed by atoms with Crippen LogP contribution >= 0.6 is 0 Å². The fourth-order valence-electron chi connectivity index (χ4n) is 8.89. The number of amides is 3. The largest absolute Gasteiger partial charge is 0.504 e. The van der Waals surface area contributed by atoms with Crippen molar-refractivity contribution in [2.45, 2.75) is 70.3 Å². The van der Waals surface area contributed by atoms with E-state index >= 15 is 0 Å². The number of aromatic hydroxyl groups is 1. The molecule has 5 aliphatic heterocycles. The van der Waals surface area contributed by atoms with Crippen LogP contribution in [-0.2, 0) is 22.7 Å². The minimum Gasteiger partial charge on any atom is -0.504 e. The van der Waals surface area contributed by atoms with Crippen molar-refractivity contribution in [2.24, 2.45) is 0 Å². The van der Waals surface area contributed by atoms with Gasteiger partial charge in [-0.1, -0.05) is 12.1 Å². The number of nitrogens with one attached hydrogen (secondary N) is 2. The summed E-state index contributed by atoms with van der Waals surface area (Å²) >= 11 is 0. The lowest BCUT2D eigenvalue weighted by atomic mass is 9.93. The maximum Gasteiger partial charge on any atom is 0.317 e. The highest BCUT2D eigenvalue weighted by Crippen LogP contribution is 2.46. The Morgan fingerprint density at radius 2 is 1.78 bits per heavy atom. The number of para-hydroxylation sites is 1. The topological polar surface area (TPSA) is 169 Å². The number of anilines is 3. The third-order valence-corrected chi connectivity index (χ3v) is 12.1. The molecule has 1 unspecified atom stereocenters. The first-order valence-electron chi connectivity index (χ1n) is 19.3. The second kappa shape index (κ2) is 14.4. The van der Waals surface area contributed by atoms with Crippen LogP contribution in [0.1, 0.15) is 52.1 Å². The maximum atomic E-state index is 15.0. The molecule has 3 amide bonds. The molecule has 15 nitrogen and oxygen atoms in total. The zero-order valence-electron chi connectivity index (χ0n) is 31.8. The van der Waals surface area contributed by atoms with Crippen LogP contribution in [0.3, 0.4) is 0 Å². The SMILES string of the molecule is Cc1nc(O[C@H]2CN3c4cc(-c5cccc(F)c5O)nnc4NC[C@]3(C(F)F)C2)nc(C)c1CN1CCN(c2ccc3c(c2)C(=O)N(C2CCC(=O)NC2=O)C3)CC1. The van der Waals surface area contributed by atoms with Gasteiger partial charge in [-0.15, -0.1) is 10.2 Å². The van der Waals surface area contributed by atoms with E-state index in [1.807, 2.05) is 32.0 Å². The van der Waals surface area contributed by atoms with Gasteiger partial charge >= 0.3 is 6.01 Å². The van der Waals surface area contributed by atoms with E-state index in [1.54, 1.807) is 9.80 Å². The Morgan fingerprint density at radius 3 is 2.52 bits per heavy atom. The van der Waals surface area contributed by atoms with E-state index in [4.69, 9.17) is 4.74 Å². The number of nitrogens with zero attached hydrogens (tertiary/aromatic N) is 8. The number of piperazine rings is 1. The van der Waals surface area contributed by atoms with Crippen LogP contribution < -0.4 is 25.2 Å². The predicted molar refractivity (Wildman–Crippen MR) is 204 cm³/mol. The summed E-state index contributed by atoms with van der Waals surface area (Å²) < 4.78 is 50.3. The molecule has 2 aromatic carbocycles. The number of hydrogen-bond acceptors (Lipinski definition) is 13. The van der Waals surface area contributed by atoms with Crippen molar-refractivity contribution < 1.29 is 37.4 Å². The molecule has 0 saturated carbocycles. The highest BCUT2D eigenvalue weighted by atomic mass is 19.3. The predicted octanol–water partition coefficient (Wildman–Crippen LogP) is 3.57. The van der Waals surface area contributed by atoms with Gasteiger partial charge in [-0.05, 0) is 56.2 Å². The van der Waals surface area contributed by atoms with Crippen LogP contribution in [-0.4, -0.2) is 116 Å². The second-order valence-corrected chi connectivity index (χ2v) is 15.6. The summed E-state index contributed by atoms with van der Waals surface area (Å²) in [5, 5.41) is 23.9. The molecule has 3 saturated heterocycles. The van der Waals surface area contributed by atoms with Crippen LogP contribution in [0.15, 0.2) is 42.5 Å². The standard InChI is InChI=1S/C40H41F3N10O5/c1-21-28(19-50-10-12-51(13-11-50)24-7-6-23-17-52(37(57)27(23)14-24)31-8-9-33(54)47-36(31)56)22(2)46-39(45-21)58-25-16-40(38(42)43)20-44-35-32(53(40)18-25)15-30(48-49-35)26-4-3-5-29(41)34(26)55/h3-7,14-15,25,31,38,55H,8-13,16-20H2,1-2H3,(H,44,49)(H,47,54,56)/t25-,31?,40+/m1/s1. The number of aryl methyl sites for hydroxylation is 2. The van der Waals surface area contributed by atoms with E-state index in [1.165, 1.54) is 18.2 Å². The first-order chi connectivity index (χ1) is 27.9.